The third kappa shape index (κ3) is 6.84. The summed E-state index contributed by atoms with van der Waals surface area (Å²) < 4.78 is 6.59. The number of benzene rings is 4. The van der Waals surface area contributed by atoms with E-state index in [1.807, 2.05) is 91.0 Å². The molecule has 0 unspecified atom stereocenters. The molecule has 0 heterocycles. The molecule has 41 heavy (non-hydrogen) atoms. The quantitative estimate of drug-likeness (QED) is 0.228. The molecule has 0 saturated heterocycles. The molecule has 0 spiro atoms. The normalized spacial score (nSPS) is 12.6. The number of carboxylic acids is 1. The van der Waals surface area contributed by atoms with Crippen LogP contribution in [0.4, 0.5) is 4.79 Å². The van der Waals surface area contributed by atoms with Crippen molar-refractivity contribution in [2.45, 2.75) is 24.9 Å². The molecule has 208 valence electrons. The molecule has 4 aromatic carbocycles. The first-order chi connectivity index (χ1) is 19.9. The van der Waals surface area contributed by atoms with E-state index in [0.717, 1.165) is 37.9 Å². The summed E-state index contributed by atoms with van der Waals surface area (Å²) in [6, 6.07) is 31.6. The van der Waals surface area contributed by atoms with Crippen molar-refractivity contribution < 1.29 is 24.2 Å². The molecule has 7 nitrogen and oxygen atoms in total. The number of hydrogen-bond donors (Lipinski definition) is 2. The number of halogens is 1. The van der Waals surface area contributed by atoms with E-state index in [1.165, 1.54) is 4.90 Å². The lowest BCUT2D eigenvalue weighted by Crippen LogP contribution is -2.51. The maximum atomic E-state index is 13.8. The Morgan fingerprint density at radius 3 is 2.00 bits per heavy atom. The van der Waals surface area contributed by atoms with Gasteiger partial charge in [-0.05, 0) is 45.5 Å². The molecule has 0 radical (unpaired) electrons. The summed E-state index contributed by atoms with van der Waals surface area (Å²) >= 11 is 3.41. The van der Waals surface area contributed by atoms with Crippen molar-refractivity contribution in [2.24, 2.45) is 0 Å². The van der Waals surface area contributed by atoms with E-state index in [2.05, 4.69) is 33.4 Å². The third-order valence-corrected chi connectivity index (χ3v) is 7.67. The molecule has 0 aliphatic heterocycles. The number of carbonyl (C=O) groups is 3. The topological polar surface area (TPSA) is 95.9 Å². The molecule has 2 amide bonds. The van der Waals surface area contributed by atoms with Gasteiger partial charge in [0.05, 0.1) is 0 Å². The predicted octanol–water partition coefficient (Wildman–Crippen LogP) is 6.01. The first kappa shape index (κ1) is 28.1. The molecular weight excluding hydrogens is 584 g/mol. The van der Waals surface area contributed by atoms with Gasteiger partial charge in [-0.3, -0.25) is 9.59 Å². The van der Waals surface area contributed by atoms with Gasteiger partial charge in [-0.15, -0.1) is 0 Å². The van der Waals surface area contributed by atoms with Crippen LogP contribution >= 0.6 is 15.9 Å². The van der Waals surface area contributed by atoms with Crippen LogP contribution in [0.15, 0.2) is 108 Å². The zero-order valence-corrected chi connectivity index (χ0v) is 23.8. The number of hydrogen-bond acceptors (Lipinski definition) is 4. The van der Waals surface area contributed by atoms with Gasteiger partial charge in [0, 0.05) is 23.4 Å². The minimum atomic E-state index is -1.14. The van der Waals surface area contributed by atoms with Gasteiger partial charge in [-0.25, -0.2) is 4.79 Å². The van der Waals surface area contributed by atoms with Crippen molar-refractivity contribution >= 4 is 33.9 Å². The Morgan fingerprint density at radius 2 is 1.39 bits per heavy atom. The first-order valence-corrected chi connectivity index (χ1v) is 14.1. The molecule has 2 N–H and O–H groups in total. The van der Waals surface area contributed by atoms with Crippen molar-refractivity contribution in [3.05, 3.63) is 130 Å². The Hall–Kier alpha value is -4.43. The molecule has 5 rings (SSSR count). The molecule has 4 aromatic rings. The highest BCUT2D eigenvalue weighted by Gasteiger charge is 2.31. The number of carbonyl (C=O) groups excluding carboxylic acids is 2. The molecule has 0 fully saturated rings. The van der Waals surface area contributed by atoms with Gasteiger partial charge < -0.3 is 20.1 Å². The second kappa shape index (κ2) is 12.8. The maximum absolute atomic E-state index is 13.8. The van der Waals surface area contributed by atoms with E-state index in [9.17, 15) is 19.5 Å². The number of fused-ring (bicyclic) bond motifs is 3. The lowest BCUT2D eigenvalue weighted by molar-refractivity contribution is -0.145. The monoisotopic (exact) mass is 612 g/mol. The fourth-order valence-electron chi connectivity index (χ4n) is 5.24. The van der Waals surface area contributed by atoms with Gasteiger partial charge in [-0.2, -0.15) is 0 Å². The summed E-state index contributed by atoms with van der Waals surface area (Å²) in [5.74, 6) is -1.78. The molecule has 0 saturated carbocycles. The van der Waals surface area contributed by atoms with Crippen LogP contribution in [0.2, 0.25) is 0 Å². The van der Waals surface area contributed by atoms with Crippen molar-refractivity contribution in [1.29, 1.82) is 0 Å². The van der Waals surface area contributed by atoms with Crippen LogP contribution in [0.3, 0.4) is 0 Å². The average molecular weight is 614 g/mol. The Labute approximate surface area is 246 Å². The van der Waals surface area contributed by atoms with Gasteiger partial charge in [0.1, 0.15) is 19.2 Å². The van der Waals surface area contributed by atoms with Crippen molar-refractivity contribution in [3.63, 3.8) is 0 Å². The lowest BCUT2D eigenvalue weighted by atomic mass is 9.98. The second-order valence-electron chi connectivity index (χ2n) is 9.93. The van der Waals surface area contributed by atoms with Crippen molar-refractivity contribution in [3.8, 4) is 11.1 Å². The van der Waals surface area contributed by atoms with Crippen molar-refractivity contribution in [1.82, 2.24) is 10.2 Å². The molecule has 0 bridgehead atoms. The van der Waals surface area contributed by atoms with Crippen LogP contribution in [-0.2, 0) is 27.3 Å². The van der Waals surface area contributed by atoms with Gasteiger partial charge in [-0.1, -0.05) is 107 Å². The van der Waals surface area contributed by atoms with E-state index in [1.54, 1.807) is 0 Å². The number of nitrogens with one attached hydrogen (secondary N) is 1. The molecule has 1 aliphatic carbocycles. The summed E-state index contributed by atoms with van der Waals surface area (Å²) in [6.07, 6.45) is -0.571. The molecule has 1 atom stereocenters. The fraction of sp³-hybridized carbons (Fsp3) is 0.182. The van der Waals surface area contributed by atoms with E-state index >= 15 is 0 Å². The van der Waals surface area contributed by atoms with Gasteiger partial charge in [0.25, 0.3) is 0 Å². The highest BCUT2D eigenvalue weighted by atomic mass is 79.9. The highest BCUT2D eigenvalue weighted by Crippen LogP contribution is 2.44. The van der Waals surface area contributed by atoms with Gasteiger partial charge in [0.15, 0.2) is 0 Å². The number of carboxylic acid groups (broad SMARTS) is 1. The summed E-state index contributed by atoms with van der Waals surface area (Å²) in [7, 11) is 0. The number of alkyl carbamates (subject to hydrolysis) is 1. The average Bonchev–Trinajstić information content (AvgIpc) is 3.30. The lowest BCUT2D eigenvalue weighted by Gasteiger charge is -2.27. The number of amides is 2. The Morgan fingerprint density at radius 1 is 0.805 bits per heavy atom. The largest absolute Gasteiger partial charge is 0.480 e. The van der Waals surface area contributed by atoms with Crippen LogP contribution < -0.4 is 5.32 Å². The third-order valence-electron chi connectivity index (χ3n) is 7.14. The SMILES string of the molecule is O=C(O)CN(Cc1ccccc1)C(=O)[C@@H](Cc1ccc(Br)cc1)NC(=O)OCC1c2ccccc2-c2ccccc21. The second-order valence-corrected chi connectivity index (χ2v) is 10.8. The smallest absolute Gasteiger partial charge is 0.407 e. The zero-order chi connectivity index (χ0) is 28.8. The van der Waals surface area contributed by atoms with Gasteiger partial charge in [0.2, 0.25) is 5.91 Å². The summed E-state index contributed by atoms with van der Waals surface area (Å²) in [5, 5.41) is 12.3. The minimum absolute atomic E-state index is 0.0924. The van der Waals surface area contributed by atoms with E-state index < -0.39 is 30.6 Å². The Kier molecular flexibility index (Phi) is 8.79. The molecular formula is C33H29BrN2O5. The summed E-state index contributed by atoms with van der Waals surface area (Å²) in [6.45, 7) is -0.311. The van der Waals surface area contributed by atoms with Crippen LogP contribution in [0.25, 0.3) is 11.1 Å². The highest BCUT2D eigenvalue weighted by molar-refractivity contribution is 9.10. The number of nitrogens with zero attached hydrogens (tertiary/aromatic N) is 1. The number of aliphatic carboxylic acids is 1. The summed E-state index contributed by atoms with van der Waals surface area (Å²) in [5.41, 5.74) is 5.99. The van der Waals surface area contributed by atoms with Crippen molar-refractivity contribution in [2.75, 3.05) is 13.2 Å². The molecule has 8 heteroatoms. The van der Waals surface area contributed by atoms with E-state index in [4.69, 9.17) is 4.74 Å². The standard InChI is InChI=1S/C33H29BrN2O5/c34-24-16-14-22(15-17-24)18-30(32(39)36(20-31(37)38)19-23-8-2-1-3-9-23)35-33(40)41-21-29-27-12-6-4-10-25(27)26-11-5-7-13-28(26)29/h1-17,29-30H,18-21H2,(H,35,40)(H,37,38)/t30-/m1/s1. The minimum Gasteiger partial charge on any atom is -0.480 e. The fourth-order valence-corrected chi connectivity index (χ4v) is 5.50. The van der Waals surface area contributed by atoms with E-state index in [0.29, 0.717) is 0 Å². The maximum Gasteiger partial charge on any atom is 0.407 e. The Bertz CT molecular complexity index is 1500. The Balaban J connectivity index is 1.34. The number of ether oxygens (including phenoxy) is 1. The van der Waals surface area contributed by atoms with Crippen LogP contribution in [0, 0.1) is 0 Å². The number of rotatable bonds is 10. The van der Waals surface area contributed by atoms with Crippen LogP contribution in [-0.4, -0.2) is 47.2 Å². The van der Waals surface area contributed by atoms with E-state index in [-0.39, 0.29) is 25.5 Å². The van der Waals surface area contributed by atoms with Crippen LogP contribution in [0.5, 0.6) is 0 Å². The van der Waals surface area contributed by atoms with Gasteiger partial charge >= 0.3 is 12.1 Å². The molecule has 1 aliphatic rings. The first-order valence-electron chi connectivity index (χ1n) is 13.3. The zero-order valence-electron chi connectivity index (χ0n) is 22.2. The molecule has 0 aromatic heterocycles. The van der Waals surface area contributed by atoms with Crippen LogP contribution in [0.1, 0.15) is 28.2 Å². The predicted molar refractivity (Wildman–Crippen MR) is 159 cm³/mol. The summed E-state index contributed by atoms with van der Waals surface area (Å²) in [4.78, 5) is 39.8.